The quantitative estimate of drug-likeness (QED) is 0.496. The molecule has 52 valence electrons. The Balaban J connectivity index is 3.67. The first-order valence-corrected chi connectivity index (χ1v) is 3.64. The minimum absolute atomic E-state index is 0.569. The van der Waals surface area contributed by atoms with Gasteiger partial charge in [0.1, 0.15) is 0 Å². The largest absolute Gasteiger partial charge is 0.106 e. The van der Waals surface area contributed by atoms with Crippen LogP contribution in [0, 0.1) is 23.7 Å². The average molecular weight is 124 g/mol. The highest BCUT2D eigenvalue weighted by Crippen LogP contribution is 2.12. The Kier molecular flexibility index (Phi) is 4.22. The van der Waals surface area contributed by atoms with E-state index in [9.17, 15) is 0 Å². The zero-order chi connectivity index (χ0) is 7.28. The van der Waals surface area contributed by atoms with Gasteiger partial charge in [0.25, 0.3) is 0 Å². The second-order valence-electron chi connectivity index (χ2n) is 2.57. The summed E-state index contributed by atoms with van der Waals surface area (Å²) in [5, 5.41) is 0. The summed E-state index contributed by atoms with van der Waals surface area (Å²) in [6, 6.07) is 0. The fourth-order valence-corrected chi connectivity index (χ4v) is 0.723. The molecule has 0 nitrogen and oxygen atoms in total. The molecule has 0 aromatic rings. The van der Waals surface area contributed by atoms with Crippen LogP contribution in [0.3, 0.4) is 0 Å². The van der Waals surface area contributed by atoms with Crippen LogP contribution in [0.25, 0.3) is 0 Å². The van der Waals surface area contributed by atoms with Gasteiger partial charge in [-0.1, -0.05) is 27.2 Å². The minimum Gasteiger partial charge on any atom is -0.106 e. The molecule has 0 heteroatoms. The molecule has 0 aliphatic heterocycles. The van der Waals surface area contributed by atoms with Gasteiger partial charge < -0.3 is 0 Å². The lowest BCUT2D eigenvalue weighted by Gasteiger charge is -2.10. The summed E-state index contributed by atoms with van der Waals surface area (Å²) in [6.45, 7) is 8.54. The number of rotatable bonds is 2. The zero-order valence-electron chi connectivity index (χ0n) is 6.86. The third-order valence-electron chi connectivity index (χ3n) is 1.87. The van der Waals surface area contributed by atoms with Crippen molar-refractivity contribution >= 4 is 0 Å². The Labute approximate surface area is 58.7 Å². The predicted molar refractivity (Wildman–Crippen MR) is 42.1 cm³/mol. The van der Waals surface area contributed by atoms with E-state index >= 15 is 0 Å². The van der Waals surface area contributed by atoms with Crippen LogP contribution in [0.15, 0.2) is 0 Å². The van der Waals surface area contributed by atoms with Gasteiger partial charge in [0.2, 0.25) is 0 Å². The first-order valence-electron chi connectivity index (χ1n) is 3.64. The summed E-state index contributed by atoms with van der Waals surface area (Å²) in [6.07, 6.45) is 1.23. The highest BCUT2D eigenvalue weighted by molar-refractivity contribution is 5.00. The molecule has 0 N–H and O–H groups in total. The first kappa shape index (κ1) is 8.56. The third-order valence-corrected chi connectivity index (χ3v) is 1.87. The van der Waals surface area contributed by atoms with Gasteiger partial charge in [0.15, 0.2) is 0 Å². The SMILES string of the molecule is CC#CC(C)C(C)CC. The molecular formula is C9H16. The first-order chi connectivity index (χ1) is 4.22. The number of hydrogen-bond donors (Lipinski definition) is 0. The van der Waals surface area contributed by atoms with E-state index in [1.165, 1.54) is 6.42 Å². The standard InChI is InChI=1S/C9H16/c1-5-7-9(4)8(3)6-2/h8-9H,6H2,1-4H3. The molecule has 0 aliphatic carbocycles. The van der Waals surface area contributed by atoms with Crippen molar-refractivity contribution in [2.24, 2.45) is 11.8 Å². The van der Waals surface area contributed by atoms with Crippen LogP contribution in [0.4, 0.5) is 0 Å². The molecule has 0 heterocycles. The fraction of sp³-hybridized carbons (Fsp3) is 0.778. The Bertz CT molecular complexity index is 114. The Hall–Kier alpha value is -0.440. The maximum atomic E-state index is 3.15. The molecule has 0 aliphatic rings. The van der Waals surface area contributed by atoms with E-state index < -0.39 is 0 Å². The van der Waals surface area contributed by atoms with Crippen molar-refractivity contribution in [3.8, 4) is 11.8 Å². The molecule has 0 saturated heterocycles. The second-order valence-corrected chi connectivity index (χ2v) is 2.57. The summed E-state index contributed by atoms with van der Waals surface area (Å²) < 4.78 is 0. The predicted octanol–water partition coefficient (Wildman–Crippen LogP) is 2.69. The summed E-state index contributed by atoms with van der Waals surface area (Å²) in [5.74, 6) is 7.40. The highest BCUT2D eigenvalue weighted by Gasteiger charge is 2.04. The van der Waals surface area contributed by atoms with Gasteiger partial charge in [0, 0.05) is 5.92 Å². The molecule has 0 saturated carbocycles. The van der Waals surface area contributed by atoms with Gasteiger partial charge in [-0.15, -0.1) is 11.8 Å². The van der Waals surface area contributed by atoms with Crippen molar-refractivity contribution in [1.29, 1.82) is 0 Å². The van der Waals surface area contributed by atoms with Crippen molar-refractivity contribution in [3.63, 3.8) is 0 Å². The molecule has 2 unspecified atom stereocenters. The topological polar surface area (TPSA) is 0 Å². The molecule has 0 spiro atoms. The second kappa shape index (κ2) is 4.44. The highest BCUT2D eigenvalue weighted by atomic mass is 14.1. The van der Waals surface area contributed by atoms with E-state index in [4.69, 9.17) is 0 Å². The maximum Gasteiger partial charge on any atom is 0.0200 e. The van der Waals surface area contributed by atoms with E-state index in [0.29, 0.717) is 5.92 Å². The van der Waals surface area contributed by atoms with Crippen LogP contribution in [0.2, 0.25) is 0 Å². The van der Waals surface area contributed by atoms with Gasteiger partial charge in [-0.25, -0.2) is 0 Å². The molecule has 0 fully saturated rings. The van der Waals surface area contributed by atoms with Gasteiger partial charge >= 0.3 is 0 Å². The molecule has 0 rings (SSSR count). The van der Waals surface area contributed by atoms with E-state index in [-0.39, 0.29) is 0 Å². The average Bonchev–Trinajstić information content (AvgIpc) is 1.87. The van der Waals surface area contributed by atoms with Gasteiger partial charge in [-0.3, -0.25) is 0 Å². The van der Waals surface area contributed by atoms with Crippen LogP contribution in [-0.2, 0) is 0 Å². The Morgan fingerprint density at radius 3 is 2.22 bits per heavy atom. The fourth-order valence-electron chi connectivity index (χ4n) is 0.723. The molecular weight excluding hydrogens is 108 g/mol. The van der Waals surface area contributed by atoms with Crippen molar-refractivity contribution in [3.05, 3.63) is 0 Å². The molecule has 2 atom stereocenters. The lowest BCUT2D eigenvalue weighted by atomic mass is 9.94. The molecule has 0 aromatic heterocycles. The van der Waals surface area contributed by atoms with Crippen molar-refractivity contribution in [2.75, 3.05) is 0 Å². The van der Waals surface area contributed by atoms with Gasteiger partial charge in [-0.2, -0.15) is 0 Å². The summed E-state index contributed by atoms with van der Waals surface area (Å²) in [7, 11) is 0. The third kappa shape index (κ3) is 3.19. The molecule has 9 heavy (non-hydrogen) atoms. The molecule has 0 bridgehead atoms. The van der Waals surface area contributed by atoms with E-state index in [2.05, 4.69) is 32.6 Å². The molecule has 0 amide bonds. The van der Waals surface area contributed by atoms with Gasteiger partial charge in [0.05, 0.1) is 0 Å². The van der Waals surface area contributed by atoms with Crippen LogP contribution < -0.4 is 0 Å². The lowest BCUT2D eigenvalue weighted by molar-refractivity contribution is 0.459. The summed E-state index contributed by atoms with van der Waals surface area (Å²) in [4.78, 5) is 0. The van der Waals surface area contributed by atoms with Crippen LogP contribution >= 0.6 is 0 Å². The van der Waals surface area contributed by atoms with E-state index in [0.717, 1.165) is 5.92 Å². The summed E-state index contributed by atoms with van der Waals surface area (Å²) >= 11 is 0. The van der Waals surface area contributed by atoms with E-state index in [1.807, 2.05) is 6.92 Å². The monoisotopic (exact) mass is 124 g/mol. The zero-order valence-corrected chi connectivity index (χ0v) is 6.86. The van der Waals surface area contributed by atoms with Crippen molar-refractivity contribution in [1.82, 2.24) is 0 Å². The smallest absolute Gasteiger partial charge is 0.0200 e. The maximum absolute atomic E-state index is 3.15. The van der Waals surface area contributed by atoms with Crippen LogP contribution in [0.1, 0.15) is 34.1 Å². The van der Waals surface area contributed by atoms with Crippen molar-refractivity contribution in [2.45, 2.75) is 34.1 Å². The van der Waals surface area contributed by atoms with Crippen LogP contribution in [0.5, 0.6) is 0 Å². The lowest BCUT2D eigenvalue weighted by Crippen LogP contribution is -2.03. The Morgan fingerprint density at radius 1 is 1.33 bits per heavy atom. The summed E-state index contributed by atoms with van der Waals surface area (Å²) in [5.41, 5.74) is 0. The minimum atomic E-state index is 0.569. The van der Waals surface area contributed by atoms with Crippen LogP contribution in [-0.4, -0.2) is 0 Å². The number of hydrogen-bond acceptors (Lipinski definition) is 0. The van der Waals surface area contributed by atoms with Crippen molar-refractivity contribution < 1.29 is 0 Å². The normalized spacial score (nSPS) is 15.6. The Morgan fingerprint density at radius 2 is 1.89 bits per heavy atom. The molecule has 0 radical (unpaired) electrons. The van der Waals surface area contributed by atoms with E-state index in [1.54, 1.807) is 0 Å². The van der Waals surface area contributed by atoms with Gasteiger partial charge in [-0.05, 0) is 12.8 Å². The molecule has 0 aromatic carbocycles.